The first-order valence-corrected chi connectivity index (χ1v) is 8.04. The van der Waals surface area contributed by atoms with E-state index in [1.807, 2.05) is 26.8 Å². The highest BCUT2D eigenvalue weighted by Crippen LogP contribution is 2.28. The Morgan fingerprint density at radius 1 is 1.19 bits per heavy atom. The van der Waals surface area contributed by atoms with E-state index in [1.54, 1.807) is 0 Å². The van der Waals surface area contributed by atoms with Gasteiger partial charge >= 0.3 is 5.97 Å². The fourth-order valence-electron chi connectivity index (χ4n) is 2.13. The molecule has 0 aliphatic heterocycles. The SMILES string of the molecule is [B]C(C)(C)/C(=C/CC)NCCCOC(=O)c1c(F)c(F)c(N)c(F)c1F. The third-order valence-corrected chi connectivity index (χ3v) is 3.47. The van der Waals surface area contributed by atoms with Gasteiger partial charge in [0, 0.05) is 12.2 Å². The number of nitrogen functional groups attached to an aromatic ring is 1. The second kappa shape index (κ2) is 8.96. The summed E-state index contributed by atoms with van der Waals surface area (Å²) in [5.74, 6) is -8.96. The molecule has 0 fully saturated rings. The lowest BCUT2D eigenvalue weighted by Crippen LogP contribution is -2.24. The lowest BCUT2D eigenvalue weighted by Gasteiger charge is -2.25. The van der Waals surface area contributed by atoms with Crippen LogP contribution in [0.1, 0.15) is 44.0 Å². The third-order valence-electron chi connectivity index (χ3n) is 3.47. The summed E-state index contributed by atoms with van der Waals surface area (Å²) in [7, 11) is 6.00. The van der Waals surface area contributed by atoms with Gasteiger partial charge in [0.1, 0.15) is 11.3 Å². The molecule has 3 N–H and O–H groups in total. The summed E-state index contributed by atoms with van der Waals surface area (Å²) in [6.45, 7) is 5.73. The number of benzene rings is 1. The molecule has 1 rings (SSSR count). The maximum Gasteiger partial charge on any atom is 0.344 e. The monoisotopic (exact) mass is 372 g/mol. The van der Waals surface area contributed by atoms with E-state index in [1.165, 1.54) is 0 Å². The Morgan fingerprint density at radius 2 is 1.73 bits per heavy atom. The van der Waals surface area contributed by atoms with Crippen LogP contribution in [0.25, 0.3) is 0 Å². The molecule has 1 aromatic rings. The van der Waals surface area contributed by atoms with Crippen LogP contribution in [0.2, 0.25) is 5.31 Å². The van der Waals surface area contributed by atoms with Gasteiger partial charge in [-0.3, -0.25) is 0 Å². The summed E-state index contributed by atoms with van der Waals surface area (Å²) in [6.07, 6.45) is 2.97. The van der Waals surface area contributed by atoms with Crippen molar-refractivity contribution in [2.75, 3.05) is 18.9 Å². The lowest BCUT2D eigenvalue weighted by atomic mass is 9.69. The summed E-state index contributed by atoms with van der Waals surface area (Å²) >= 11 is 0. The standard InChI is InChI=1S/C17H21BF4N2O2/c1-4-6-9(17(2,3)18)24-7-5-8-26-16(25)10-11(19)13(21)15(23)14(22)12(10)20/h6,24H,4-5,7-8,23H2,1-3H3/b9-6-. The number of hydrogen-bond donors (Lipinski definition) is 2. The number of ether oxygens (including phenoxy) is 1. The van der Waals surface area contributed by atoms with Crippen LogP contribution in [-0.4, -0.2) is 27.0 Å². The predicted molar refractivity (Wildman–Crippen MR) is 91.8 cm³/mol. The van der Waals surface area contributed by atoms with Crippen molar-refractivity contribution in [2.24, 2.45) is 0 Å². The molecule has 0 aliphatic carbocycles. The number of carbonyl (C=O) groups is 1. The average molecular weight is 372 g/mol. The van der Waals surface area contributed by atoms with Crippen molar-refractivity contribution >= 4 is 19.5 Å². The van der Waals surface area contributed by atoms with Crippen LogP contribution in [0.15, 0.2) is 11.8 Å². The average Bonchev–Trinajstić information content (AvgIpc) is 2.56. The molecule has 0 spiro atoms. The molecule has 26 heavy (non-hydrogen) atoms. The van der Waals surface area contributed by atoms with Crippen molar-refractivity contribution in [2.45, 2.75) is 38.9 Å². The van der Waals surface area contributed by atoms with Gasteiger partial charge in [-0.2, -0.15) is 0 Å². The number of allylic oxidation sites excluding steroid dienone is 2. The van der Waals surface area contributed by atoms with Crippen molar-refractivity contribution in [1.82, 2.24) is 5.32 Å². The van der Waals surface area contributed by atoms with Crippen LogP contribution in [0, 0.1) is 23.3 Å². The fourth-order valence-corrected chi connectivity index (χ4v) is 2.13. The number of nitrogens with one attached hydrogen (secondary N) is 1. The van der Waals surface area contributed by atoms with Gasteiger partial charge in [0.15, 0.2) is 23.3 Å². The van der Waals surface area contributed by atoms with E-state index in [-0.39, 0.29) is 13.0 Å². The Kier molecular flexibility index (Phi) is 7.53. The molecule has 0 aliphatic rings. The van der Waals surface area contributed by atoms with Gasteiger partial charge < -0.3 is 15.8 Å². The Morgan fingerprint density at radius 3 is 2.19 bits per heavy atom. The molecule has 0 saturated heterocycles. The van der Waals surface area contributed by atoms with E-state index in [2.05, 4.69) is 10.1 Å². The summed E-state index contributed by atoms with van der Waals surface area (Å²) in [4.78, 5) is 11.7. The Balaban J connectivity index is 2.66. The zero-order valence-electron chi connectivity index (χ0n) is 14.9. The van der Waals surface area contributed by atoms with Gasteiger partial charge in [-0.1, -0.05) is 26.8 Å². The zero-order chi connectivity index (χ0) is 20.1. The zero-order valence-corrected chi connectivity index (χ0v) is 14.9. The van der Waals surface area contributed by atoms with Crippen molar-refractivity contribution in [3.63, 3.8) is 0 Å². The van der Waals surface area contributed by atoms with Crippen LogP contribution in [-0.2, 0) is 4.74 Å². The predicted octanol–water partition coefficient (Wildman–Crippen LogP) is 3.62. The van der Waals surface area contributed by atoms with Gasteiger partial charge in [0.05, 0.1) is 14.5 Å². The molecule has 4 nitrogen and oxygen atoms in total. The number of anilines is 1. The Bertz CT molecular complexity index is 674. The second-order valence-electron chi connectivity index (χ2n) is 6.21. The number of rotatable bonds is 8. The van der Waals surface area contributed by atoms with Gasteiger partial charge in [0.25, 0.3) is 0 Å². The Labute approximate surface area is 151 Å². The van der Waals surface area contributed by atoms with Crippen molar-refractivity contribution in [1.29, 1.82) is 0 Å². The highest BCUT2D eigenvalue weighted by Gasteiger charge is 2.29. The minimum atomic E-state index is -1.89. The largest absolute Gasteiger partial charge is 0.462 e. The van der Waals surface area contributed by atoms with E-state index in [0.717, 1.165) is 12.1 Å². The molecule has 2 radical (unpaired) electrons. The van der Waals surface area contributed by atoms with E-state index in [9.17, 15) is 22.4 Å². The molecular weight excluding hydrogens is 351 g/mol. The molecule has 0 amide bonds. The minimum absolute atomic E-state index is 0.220. The third kappa shape index (κ3) is 5.16. The topological polar surface area (TPSA) is 64.3 Å². The number of hydrogen-bond acceptors (Lipinski definition) is 4. The molecule has 0 unspecified atom stereocenters. The van der Waals surface area contributed by atoms with Crippen LogP contribution in [0.3, 0.4) is 0 Å². The molecule has 0 aromatic heterocycles. The van der Waals surface area contributed by atoms with E-state index < -0.39 is 45.8 Å². The minimum Gasteiger partial charge on any atom is -0.462 e. The van der Waals surface area contributed by atoms with Gasteiger partial charge in [-0.25, -0.2) is 22.4 Å². The van der Waals surface area contributed by atoms with E-state index in [0.29, 0.717) is 6.54 Å². The van der Waals surface area contributed by atoms with Crippen LogP contribution >= 0.6 is 0 Å². The maximum absolute atomic E-state index is 13.7. The van der Waals surface area contributed by atoms with E-state index >= 15 is 0 Å². The summed E-state index contributed by atoms with van der Waals surface area (Å²) in [5, 5.41) is 2.50. The first-order valence-electron chi connectivity index (χ1n) is 8.04. The molecule has 9 heteroatoms. The van der Waals surface area contributed by atoms with Crippen molar-refractivity contribution in [3.05, 3.63) is 40.6 Å². The molecule has 0 heterocycles. The molecule has 0 atom stereocenters. The number of esters is 1. The molecular formula is C17H21BF4N2O2. The van der Waals surface area contributed by atoms with Crippen LogP contribution < -0.4 is 11.1 Å². The number of nitrogens with two attached hydrogens (primary N) is 1. The van der Waals surface area contributed by atoms with Gasteiger partial charge in [-0.15, -0.1) is 0 Å². The number of halogens is 4. The van der Waals surface area contributed by atoms with Crippen LogP contribution in [0.5, 0.6) is 0 Å². The van der Waals surface area contributed by atoms with Crippen molar-refractivity contribution in [3.8, 4) is 0 Å². The smallest absolute Gasteiger partial charge is 0.344 e. The summed E-state index contributed by atoms with van der Waals surface area (Å²) < 4.78 is 58.7. The van der Waals surface area contributed by atoms with Gasteiger partial charge in [0.2, 0.25) is 0 Å². The van der Waals surface area contributed by atoms with Crippen LogP contribution in [0.4, 0.5) is 23.2 Å². The molecule has 0 bridgehead atoms. The van der Waals surface area contributed by atoms with Crippen molar-refractivity contribution < 1.29 is 27.1 Å². The number of carbonyl (C=O) groups excluding carboxylic acids is 1. The quantitative estimate of drug-likeness (QED) is 0.183. The second-order valence-corrected chi connectivity index (χ2v) is 6.21. The normalized spacial score (nSPS) is 12.2. The molecule has 1 aromatic carbocycles. The van der Waals surface area contributed by atoms with E-state index in [4.69, 9.17) is 13.6 Å². The molecule has 142 valence electrons. The summed E-state index contributed by atoms with van der Waals surface area (Å²) in [5.41, 5.74) is 2.89. The summed E-state index contributed by atoms with van der Waals surface area (Å²) in [6, 6.07) is 0. The highest BCUT2D eigenvalue weighted by atomic mass is 19.2. The first kappa shape index (κ1) is 21.9. The first-order chi connectivity index (χ1) is 12.0. The fraction of sp³-hybridized carbons (Fsp3) is 0.471. The lowest BCUT2D eigenvalue weighted by molar-refractivity contribution is 0.0487. The maximum atomic E-state index is 13.7. The van der Waals surface area contributed by atoms with Gasteiger partial charge in [-0.05, 0) is 18.2 Å². The molecule has 0 saturated carbocycles. The highest BCUT2D eigenvalue weighted by molar-refractivity contribution is 6.16. The Hall–Kier alpha value is -2.19.